The maximum atomic E-state index is 6.14. The van der Waals surface area contributed by atoms with Crippen LogP contribution in [-0.2, 0) is 12.3 Å². The van der Waals surface area contributed by atoms with Crippen molar-refractivity contribution in [2.75, 3.05) is 7.11 Å². The van der Waals surface area contributed by atoms with Crippen molar-refractivity contribution < 1.29 is 4.74 Å². The van der Waals surface area contributed by atoms with Gasteiger partial charge in [0.1, 0.15) is 52.1 Å². The lowest BCUT2D eigenvalue weighted by molar-refractivity contribution is 0.414. The van der Waals surface area contributed by atoms with Gasteiger partial charge in [-0.2, -0.15) is 0 Å². The highest BCUT2D eigenvalue weighted by Gasteiger charge is 2.48. The Labute approximate surface area is 326 Å². The van der Waals surface area contributed by atoms with Gasteiger partial charge in [-0.15, -0.1) is 34.0 Å². The molecule has 256 valence electrons. The zero-order chi connectivity index (χ0) is 33.5. The second-order valence-electron chi connectivity index (χ2n) is 12.5. The summed E-state index contributed by atoms with van der Waals surface area (Å²) in [5, 5.41) is 8.31. The van der Waals surface area contributed by atoms with Gasteiger partial charge >= 0.3 is 0 Å². The normalized spacial score (nSPS) is 11.2. The van der Waals surface area contributed by atoms with E-state index in [2.05, 4.69) is 201 Å². The van der Waals surface area contributed by atoms with Gasteiger partial charge in [-0.1, -0.05) is 109 Å². The highest BCUT2D eigenvalue weighted by molar-refractivity contribution is 8.93. The number of rotatable bonds is 11. The van der Waals surface area contributed by atoms with Gasteiger partial charge in [-0.05, 0) is 109 Å². The molecule has 0 aliphatic carbocycles. The van der Waals surface area contributed by atoms with Crippen molar-refractivity contribution in [2.45, 2.75) is 19.2 Å². The van der Waals surface area contributed by atoms with Gasteiger partial charge in [0.2, 0.25) is 0 Å². The van der Waals surface area contributed by atoms with E-state index in [1.54, 1.807) is 7.11 Å². The molecule has 7 aromatic carbocycles. The molecular formula is C46H44Br2OP2+2. The Morgan fingerprint density at radius 2 is 0.588 bits per heavy atom. The van der Waals surface area contributed by atoms with Crippen molar-refractivity contribution in [1.29, 1.82) is 0 Å². The fraction of sp³-hybridized carbons (Fsp3) is 0.0870. The van der Waals surface area contributed by atoms with Gasteiger partial charge in [-0.25, -0.2) is 0 Å². The SMILES string of the molecule is Br.Br.COc1cc(C[P+](c2ccccc2)(c2ccccc2)c2ccccc2)c(C)c(C[P+](c2ccccc2)(c2ccccc2)c2ccccc2)c1. The summed E-state index contributed by atoms with van der Waals surface area (Å²) in [4.78, 5) is 0. The Balaban J connectivity index is 0.00000252. The average molecular weight is 835 g/mol. The minimum Gasteiger partial charge on any atom is -0.497 e. The predicted octanol–water partition coefficient (Wildman–Crippen LogP) is 10.1. The first kappa shape index (κ1) is 38.4. The molecular weight excluding hydrogens is 790 g/mol. The molecule has 7 aromatic rings. The molecule has 0 fully saturated rings. The zero-order valence-corrected chi connectivity index (χ0v) is 34.2. The van der Waals surface area contributed by atoms with E-state index in [0.717, 1.165) is 18.1 Å². The van der Waals surface area contributed by atoms with Crippen LogP contribution in [0.15, 0.2) is 194 Å². The van der Waals surface area contributed by atoms with Crippen molar-refractivity contribution in [1.82, 2.24) is 0 Å². The first-order valence-electron chi connectivity index (χ1n) is 16.9. The lowest BCUT2D eigenvalue weighted by atomic mass is 10.0. The van der Waals surface area contributed by atoms with Crippen molar-refractivity contribution in [3.63, 3.8) is 0 Å². The summed E-state index contributed by atoms with van der Waals surface area (Å²) < 4.78 is 6.14. The molecule has 0 amide bonds. The van der Waals surface area contributed by atoms with E-state index in [0.29, 0.717) is 0 Å². The van der Waals surface area contributed by atoms with E-state index in [4.69, 9.17) is 4.74 Å². The molecule has 0 unspecified atom stereocenters. The van der Waals surface area contributed by atoms with Crippen LogP contribution in [0.1, 0.15) is 16.7 Å². The van der Waals surface area contributed by atoms with Gasteiger partial charge in [0.25, 0.3) is 0 Å². The highest BCUT2D eigenvalue weighted by atomic mass is 79.9. The van der Waals surface area contributed by atoms with Crippen LogP contribution in [0, 0.1) is 6.92 Å². The molecule has 0 aromatic heterocycles. The summed E-state index contributed by atoms with van der Waals surface area (Å²) in [6.45, 7) is 2.34. The van der Waals surface area contributed by atoms with Gasteiger partial charge in [-0.3, -0.25) is 0 Å². The number of methoxy groups -OCH3 is 1. The van der Waals surface area contributed by atoms with E-state index in [1.807, 2.05) is 0 Å². The van der Waals surface area contributed by atoms with Crippen LogP contribution in [-0.4, -0.2) is 7.11 Å². The highest BCUT2D eigenvalue weighted by Crippen LogP contribution is 2.61. The summed E-state index contributed by atoms with van der Waals surface area (Å²) in [5.74, 6) is 0.912. The molecule has 0 radical (unpaired) electrons. The molecule has 51 heavy (non-hydrogen) atoms. The Morgan fingerprint density at radius 3 is 0.784 bits per heavy atom. The van der Waals surface area contributed by atoms with Crippen molar-refractivity contribution in [3.8, 4) is 5.75 Å². The zero-order valence-electron chi connectivity index (χ0n) is 29.0. The molecule has 0 saturated carbocycles. The molecule has 0 saturated heterocycles. The molecule has 7 rings (SSSR count). The van der Waals surface area contributed by atoms with Crippen LogP contribution in [0.25, 0.3) is 0 Å². The maximum Gasteiger partial charge on any atom is 0.119 e. The largest absolute Gasteiger partial charge is 0.497 e. The fourth-order valence-electron chi connectivity index (χ4n) is 7.30. The number of hydrogen-bond donors (Lipinski definition) is 0. The Kier molecular flexibility index (Phi) is 13.2. The molecule has 0 bridgehead atoms. The first-order valence-corrected chi connectivity index (χ1v) is 20.9. The monoisotopic (exact) mass is 832 g/mol. The Hall–Kier alpha value is -3.84. The Bertz CT molecular complexity index is 1750. The summed E-state index contributed by atoms with van der Waals surface area (Å²) in [6.07, 6.45) is 1.79. The second kappa shape index (κ2) is 17.6. The molecule has 0 aliphatic heterocycles. The molecule has 1 nitrogen and oxygen atoms in total. The summed E-state index contributed by atoms with van der Waals surface area (Å²) in [5.41, 5.74) is 4.03. The summed E-state index contributed by atoms with van der Waals surface area (Å²) >= 11 is 0. The number of benzene rings is 7. The van der Waals surface area contributed by atoms with E-state index >= 15 is 0 Å². The van der Waals surface area contributed by atoms with E-state index in [9.17, 15) is 0 Å². The van der Waals surface area contributed by atoms with Gasteiger partial charge in [0.05, 0.1) is 19.4 Å². The van der Waals surface area contributed by atoms with Gasteiger partial charge in [0.15, 0.2) is 0 Å². The van der Waals surface area contributed by atoms with Crippen LogP contribution < -0.4 is 36.6 Å². The molecule has 0 spiro atoms. The third-order valence-electron chi connectivity index (χ3n) is 9.83. The average Bonchev–Trinajstić information content (AvgIpc) is 3.19. The Morgan fingerprint density at radius 1 is 0.373 bits per heavy atom. The maximum absolute atomic E-state index is 6.14. The van der Waals surface area contributed by atoms with Gasteiger partial charge in [0, 0.05) is 0 Å². The standard InChI is InChI=1S/C46H42OP2.2BrH/c1-37-38(35-48(41-21-9-3-10-22-41,42-23-11-4-12-24-42)43-25-13-5-14-26-43)33-40(47-2)34-39(37)36-49(44-27-15-6-16-28-44,45-29-17-7-18-30-45)46-31-19-8-20-32-46;;/h3-34H,35-36H2,1-2H3;2*1H/q+2;;. The van der Waals surface area contributed by atoms with Crippen molar-refractivity contribution >= 4 is 80.3 Å². The lowest BCUT2D eigenvalue weighted by Crippen LogP contribution is -2.33. The molecule has 0 aliphatic rings. The fourth-order valence-corrected chi connectivity index (χ4v) is 16.0. The quantitative estimate of drug-likeness (QED) is 0.118. The molecule has 0 heterocycles. The topological polar surface area (TPSA) is 9.23 Å². The summed E-state index contributed by atoms with van der Waals surface area (Å²) in [7, 11) is -2.44. The van der Waals surface area contributed by atoms with Crippen LogP contribution in [0.5, 0.6) is 5.75 Å². The smallest absolute Gasteiger partial charge is 0.119 e. The van der Waals surface area contributed by atoms with Crippen LogP contribution >= 0.6 is 48.5 Å². The molecule has 0 N–H and O–H groups in total. The summed E-state index contributed by atoms with van der Waals surface area (Å²) in [6, 6.07) is 71.7. The van der Waals surface area contributed by atoms with Crippen molar-refractivity contribution in [3.05, 3.63) is 211 Å². The predicted molar refractivity (Wildman–Crippen MR) is 236 cm³/mol. The molecule has 0 atom stereocenters. The minimum atomic E-state index is -2.12. The second-order valence-corrected chi connectivity index (χ2v) is 19.5. The molecule has 5 heteroatoms. The van der Waals surface area contributed by atoms with E-state index in [1.165, 1.54) is 48.5 Å². The third kappa shape index (κ3) is 7.69. The third-order valence-corrected chi connectivity index (χ3v) is 18.5. The van der Waals surface area contributed by atoms with E-state index < -0.39 is 14.5 Å². The van der Waals surface area contributed by atoms with E-state index in [-0.39, 0.29) is 34.0 Å². The van der Waals surface area contributed by atoms with Crippen LogP contribution in [0.2, 0.25) is 0 Å². The minimum absolute atomic E-state index is 0. The van der Waals surface area contributed by atoms with Gasteiger partial charge < -0.3 is 4.74 Å². The van der Waals surface area contributed by atoms with Crippen molar-refractivity contribution in [2.24, 2.45) is 0 Å². The lowest BCUT2D eigenvalue weighted by Gasteiger charge is -2.30. The number of halogens is 2. The van der Waals surface area contributed by atoms with Crippen LogP contribution in [0.3, 0.4) is 0 Å². The first-order chi connectivity index (χ1) is 24.1. The van der Waals surface area contributed by atoms with Crippen LogP contribution in [0.4, 0.5) is 0 Å². The number of ether oxygens (including phenoxy) is 1. The number of hydrogen-bond acceptors (Lipinski definition) is 1.